The maximum absolute atomic E-state index is 10.5. The summed E-state index contributed by atoms with van der Waals surface area (Å²) in [5, 5.41) is 10.6. The van der Waals surface area contributed by atoms with Crippen molar-refractivity contribution in [2.75, 3.05) is 6.61 Å². The Morgan fingerprint density at radius 3 is 2.32 bits per heavy atom. The number of rotatable bonds is 6. The molecule has 1 aliphatic heterocycles. The van der Waals surface area contributed by atoms with Crippen LogP contribution in [0.5, 0.6) is 0 Å². The first-order chi connectivity index (χ1) is 9.81. The van der Waals surface area contributed by atoms with Crippen LogP contribution in [0.2, 0.25) is 18.1 Å². The molecule has 1 rings (SSSR count). The smallest absolute Gasteiger partial charge is 0.192 e. The third-order valence-corrected chi connectivity index (χ3v) is 9.38. The van der Waals surface area contributed by atoms with Gasteiger partial charge in [-0.1, -0.05) is 33.8 Å². The van der Waals surface area contributed by atoms with Crippen LogP contribution in [0.1, 0.15) is 41.5 Å². The molecular formula is C17H34O4Si. The van der Waals surface area contributed by atoms with Crippen LogP contribution < -0.4 is 0 Å². The summed E-state index contributed by atoms with van der Waals surface area (Å²) in [4.78, 5) is 0. The highest BCUT2D eigenvalue weighted by atomic mass is 28.4. The topological polar surface area (TPSA) is 47.9 Å². The minimum absolute atomic E-state index is 0.0575. The number of ether oxygens (including phenoxy) is 2. The van der Waals surface area contributed by atoms with Crippen molar-refractivity contribution in [3.63, 3.8) is 0 Å². The molecule has 1 aliphatic rings. The van der Waals surface area contributed by atoms with Crippen LogP contribution in [0, 0.1) is 5.92 Å². The lowest BCUT2D eigenvalue weighted by Gasteiger charge is -2.37. The van der Waals surface area contributed by atoms with Crippen molar-refractivity contribution in [1.82, 2.24) is 0 Å². The molecule has 4 nitrogen and oxygen atoms in total. The van der Waals surface area contributed by atoms with Gasteiger partial charge in [-0.3, -0.25) is 0 Å². The van der Waals surface area contributed by atoms with E-state index in [0.29, 0.717) is 6.61 Å². The van der Waals surface area contributed by atoms with Crippen LogP contribution in [0.15, 0.2) is 12.7 Å². The van der Waals surface area contributed by atoms with Gasteiger partial charge in [0.15, 0.2) is 14.1 Å². The Morgan fingerprint density at radius 2 is 1.86 bits per heavy atom. The van der Waals surface area contributed by atoms with Crippen LogP contribution in [0.3, 0.4) is 0 Å². The Labute approximate surface area is 137 Å². The lowest BCUT2D eigenvalue weighted by atomic mass is 9.97. The van der Waals surface area contributed by atoms with E-state index in [2.05, 4.69) is 40.4 Å². The van der Waals surface area contributed by atoms with Crippen molar-refractivity contribution in [3.05, 3.63) is 12.7 Å². The second-order valence-corrected chi connectivity index (χ2v) is 13.1. The summed E-state index contributed by atoms with van der Waals surface area (Å²) in [6.45, 7) is 20.9. The second kappa shape index (κ2) is 6.73. The fraction of sp³-hybridized carbons (Fsp3) is 0.882. The summed E-state index contributed by atoms with van der Waals surface area (Å²) in [5.41, 5.74) is 0. The third-order valence-electron chi connectivity index (χ3n) is 4.88. The van der Waals surface area contributed by atoms with E-state index in [4.69, 9.17) is 13.9 Å². The van der Waals surface area contributed by atoms with E-state index in [9.17, 15) is 5.11 Å². The van der Waals surface area contributed by atoms with E-state index in [-0.39, 0.29) is 17.1 Å². The molecule has 0 amide bonds. The van der Waals surface area contributed by atoms with Gasteiger partial charge in [0.05, 0.1) is 12.7 Å². The van der Waals surface area contributed by atoms with Crippen molar-refractivity contribution in [2.24, 2.45) is 5.92 Å². The largest absolute Gasteiger partial charge is 0.414 e. The van der Waals surface area contributed by atoms with Gasteiger partial charge >= 0.3 is 0 Å². The van der Waals surface area contributed by atoms with Gasteiger partial charge in [-0.05, 0) is 32.0 Å². The average Bonchev–Trinajstić information content (AvgIpc) is 2.68. The number of hydrogen-bond acceptors (Lipinski definition) is 4. The van der Waals surface area contributed by atoms with Gasteiger partial charge in [-0.25, -0.2) is 0 Å². The highest BCUT2D eigenvalue weighted by Crippen LogP contribution is 2.38. The highest BCUT2D eigenvalue weighted by molar-refractivity contribution is 6.74. The zero-order chi connectivity index (χ0) is 17.3. The zero-order valence-electron chi connectivity index (χ0n) is 15.5. The first-order valence-corrected chi connectivity index (χ1v) is 11.0. The molecule has 0 spiro atoms. The van der Waals surface area contributed by atoms with Crippen LogP contribution in [-0.2, 0) is 13.9 Å². The van der Waals surface area contributed by atoms with Crippen molar-refractivity contribution in [1.29, 1.82) is 0 Å². The Bertz CT molecular complexity index is 387. The molecule has 0 aromatic rings. The Kier molecular flexibility index (Phi) is 6.07. The lowest BCUT2D eigenvalue weighted by molar-refractivity contribution is -0.158. The summed E-state index contributed by atoms with van der Waals surface area (Å²) in [7, 11) is -1.86. The first kappa shape index (κ1) is 19.8. The summed E-state index contributed by atoms with van der Waals surface area (Å²) in [5.74, 6) is -0.758. The van der Waals surface area contributed by atoms with Crippen molar-refractivity contribution in [2.45, 2.75) is 83.8 Å². The molecule has 0 aliphatic carbocycles. The highest BCUT2D eigenvalue weighted by Gasteiger charge is 2.47. The summed E-state index contributed by atoms with van der Waals surface area (Å²) >= 11 is 0. The standard InChI is InChI=1S/C17H34O4Si/c1-10-12(2)14(18)15-13(20-17(6,7)21-15)11-19-22(8,9)16(3,4)5/h10,12-15,18H,1,11H2,2-9H3/t12-,13-,14-,15+/m1/s1. The fourth-order valence-corrected chi connectivity index (χ4v) is 3.24. The van der Waals surface area contributed by atoms with Gasteiger partial charge in [-0.15, -0.1) is 6.58 Å². The van der Waals surface area contributed by atoms with Crippen molar-refractivity contribution in [3.8, 4) is 0 Å². The monoisotopic (exact) mass is 330 g/mol. The Balaban J connectivity index is 2.80. The zero-order valence-corrected chi connectivity index (χ0v) is 16.5. The van der Waals surface area contributed by atoms with Crippen LogP contribution in [-0.4, -0.2) is 44.1 Å². The molecule has 0 saturated carbocycles. The number of aliphatic hydroxyl groups excluding tert-OH is 1. The molecular weight excluding hydrogens is 296 g/mol. The number of aliphatic hydroxyl groups is 1. The molecule has 1 heterocycles. The van der Waals surface area contributed by atoms with E-state index in [0.717, 1.165) is 0 Å². The lowest BCUT2D eigenvalue weighted by Crippen LogP contribution is -2.46. The molecule has 1 fully saturated rings. The molecule has 130 valence electrons. The summed E-state index contributed by atoms with van der Waals surface area (Å²) < 4.78 is 18.1. The maximum atomic E-state index is 10.5. The van der Waals surface area contributed by atoms with Gasteiger partial charge in [0.25, 0.3) is 0 Å². The predicted octanol–water partition coefficient (Wildman–Crippen LogP) is 3.71. The molecule has 0 aromatic heterocycles. The van der Waals surface area contributed by atoms with Crippen LogP contribution in [0.4, 0.5) is 0 Å². The first-order valence-electron chi connectivity index (χ1n) is 8.11. The molecule has 1 N–H and O–H groups in total. The fourth-order valence-electron chi connectivity index (χ4n) is 2.23. The predicted molar refractivity (Wildman–Crippen MR) is 92.3 cm³/mol. The van der Waals surface area contributed by atoms with Crippen molar-refractivity contribution < 1.29 is 19.0 Å². The van der Waals surface area contributed by atoms with Gasteiger partial charge in [-0.2, -0.15) is 0 Å². The second-order valence-electron chi connectivity index (χ2n) is 8.30. The van der Waals surface area contributed by atoms with E-state index in [1.165, 1.54) is 0 Å². The third kappa shape index (κ3) is 4.65. The summed E-state index contributed by atoms with van der Waals surface area (Å²) in [6, 6.07) is 0. The average molecular weight is 331 g/mol. The van der Waals surface area contributed by atoms with Gasteiger partial charge in [0, 0.05) is 5.92 Å². The van der Waals surface area contributed by atoms with Gasteiger partial charge in [0.2, 0.25) is 0 Å². The molecule has 22 heavy (non-hydrogen) atoms. The van der Waals surface area contributed by atoms with Crippen LogP contribution in [0.25, 0.3) is 0 Å². The summed E-state index contributed by atoms with van der Waals surface area (Å²) in [6.07, 6.45) is 0.437. The van der Waals surface area contributed by atoms with Gasteiger partial charge < -0.3 is 19.0 Å². The molecule has 1 saturated heterocycles. The SMILES string of the molecule is C=C[C@@H](C)[C@@H](O)[C@H]1OC(C)(C)O[C@@H]1CO[Si](C)(C)C(C)(C)C. The van der Waals surface area contributed by atoms with Gasteiger partial charge in [0.1, 0.15) is 12.2 Å². The molecule has 4 atom stereocenters. The van der Waals surface area contributed by atoms with E-state index >= 15 is 0 Å². The molecule has 0 unspecified atom stereocenters. The van der Waals surface area contributed by atoms with Crippen LogP contribution >= 0.6 is 0 Å². The quantitative estimate of drug-likeness (QED) is 0.596. The Hall–Kier alpha value is -0.203. The maximum Gasteiger partial charge on any atom is 0.192 e. The van der Waals surface area contributed by atoms with E-state index in [1.54, 1.807) is 6.08 Å². The minimum Gasteiger partial charge on any atom is -0.414 e. The molecule has 0 aromatic carbocycles. The van der Waals surface area contributed by atoms with Crippen molar-refractivity contribution >= 4 is 8.32 Å². The minimum atomic E-state index is -1.86. The molecule has 0 bridgehead atoms. The normalized spacial score (nSPS) is 28.4. The molecule has 5 heteroatoms. The van der Waals surface area contributed by atoms with E-state index in [1.807, 2.05) is 20.8 Å². The number of hydrogen-bond donors (Lipinski definition) is 1. The molecule has 0 radical (unpaired) electrons. The Morgan fingerprint density at radius 1 is 1.32 bits per heavy atom. The van der Waals surface area contributed by atoms with E-state index < -0.39 is 26.3 Å².